The Bertz CT molecular complexity index is 1710. The van der Waals surface area contributed by atoms with Crippen LogP contribution in [0.4, 0.5) is 30.8 Å². The van der Waals surface area contributed by atoms with E-state index in [4.69, 9.17) is 14.2 Å². The molecule has 0 radical (unpaired) electrons. The van der Waals surface area contributed by atoms with E-state index in [1.165, 1.54) is 29.3 Å². The minimum absolute atomic E-state index is 0.194. The number of nitrogens with one attached hydrogen (secondary N) is 2. The third-order valence-electron chi connectivity index (χ3n) is 7.10. The average molecular weight is 638 g/mol. The number of benzene rings is 2. The van der Waals surface area contributed by atoms with Crippen LogP contribution in [-0.4, -0.2) is 68.1 Å². The predicted octanol–water partition coefficient (Wildman–Crippen LogP) is 6.05. The molecule has 14 heteroatoms. The Kier molecular flexibility index (Phi) is 9.83. The molecule has 1 aliphatic heterocycles. The van der Waals surface area contributed by atoms with E-state index < -0.39 is 23.1 Å². The summed E-state index contributed by atoms with van der Waals surface area (Å²) in [5.74, 6) is -1.34. The van der Waals surface area contributed by atoms with Gasteiger partial charge in [0.1, 0.15) is 42.4 Å². The van der Waals surface area contributed by atoms with Crippen molar-refractivity contribution in [1.82, 2.24) is 24.6 Å². The summed E-state index contributed by atoms with van der Waals surface area (Å²) < 4.78 is 46.6. The molecule has 2 aromatic heterocycles. The molecular formula is C32H37F2N7O5. The molecule has 2 amide bonds. The molecule has 1 saturated heterocycles. The van der Waals surface area contributed by atoms with Crippen LogP contribution >= 0.6 is 0 Å². The number of hydrogen-bond donors (Lipinski definition) is 2. The Morgan fingerprint density at radius 2 is 1.93 bits per heavy atom. The van der Waals surface area contributed by atoms with Crippen LogP contribution in [0.15, 0.2) is 49.1 Å². The summed E-state index contributed by atoms with van der Waals surface area (Å²) in [5, 5.41) is 10.3. The average Bonchev–Trinajstić information content (AvgIpc) is 3.44. The molecule has 46 heavy (non-hydrogen) atoms. The third kappa shape index (κ3) is 7.98. The van der Waals surface area contributed by atoms with E-state index in [0.29, 0.717) is 47.1 Å². The summed E-state index contributed by atoms with van der Waals surface area (Å²) in [6.07, 6.45) is 6.72. The van der Waals surface area contributed by atoms with Gasteiger partial charge in [0, 0.05) is 24.9 Å². The molecular weight excluding hydrogens is 600 g/mol. The fourth-order valence-electron chi connectivity index (χ4n) is 5.10. The van der Waals surface area contributed by atoms with Crippen LogP contribution in [0.3, 0.4) is 0 Å². The number of aromatic nitrogens is 4. The molecule has 3 heterocycles. The number of halogens is 2. The number of ether oxygens (including phenoxy) is 3. The van der Waals surface area contributed by atoms with E-state index >= 15 is 0 Å². The second-order valence-electron chi connectivity index (χ2n) is 11.8. The molecule has 5 rings (SSSR count). The van der Waals surface area contributed by atoms with Crippen LogP contribution in [0, 0.1) is 11.6 Å². The standard InChI is InChI=1S/C32H37F2N7O5/c1-5-44-22-13-25-28(26(14-22)45-18-21-9-6-7-12-41(21)31(43)46-32(2,3)4)30(36-19-35-25)38-20-15-37-40(16-20)17-27(42)39-24-11-8-10-23(33)29(24)34/h8,10-11,13-16,19,21H,5-7,9,12,17-18H2,1-4H3,(H,39,42)(H,35,36,38)/t21-/m1/s1. The van der Waals surface area contributed by atoms with E-state index in [1.807, 2.05) is 27.7 Å². The molecule has 0 bridgehead atoms. The number of fused-ring (bicyclic) bond motifs is 1. The Hall–Kier alpha value is -5.01. The van der Waals surface area contributed by atoms with Gasteiger partial charge in [0.25, 0.3) is 0 Å². The van der Waals surface area contributed by atoms with Crippen LogP contribution in [0.25, 0.3) is 10.9 Å². The SMILES string of the molecule is CCOc1cc(OC[C@H]2CCCCN2C(=O)OC(C)(C)C)c2c(Nc3cnn(CC(=O)Nc4cccc(F)c4F)c3)ncnc2c1. The largest absolute Gasteiger partial charge is 0.494 e. The minimum Gasteiger partial charge on any atom is -0.494 e. The molecule has 2 aromatic carbocycles. The molecule has 4 aromatic rings. The summed E-state index contributed by atoms with van der Waals surface area (Å²) >= 11 is 0. The van der Waals surface area contributed by atoms with E-state index in [-0.39, 0.29) is 31.0 Å². The number of anilines is 3. The molecule has 1 atom stereocenters. The summed E-state index contributed by atoms with van der Waals surface area (Å²) in [6.45, 7) is 8.39. The molecule has 0 saturated carbocycles. The van der Waals surface area contributed by atoms with Gasteiger partial charge in [-0.3, -0.25) is 9.48 Å². The van der Waals surface area contributed by atoms with Gasteiger partial charge in [-0.2, -0.15) is 5.10 Å². The molecule has 12 nitrogen and oxygen atoms in total. The second-order valence-corrected chi connectivity index (χ2v) is 11.8. The van der Waals surface area contributed by atoms with Crippen LogP contribution in [0.2, 0.25) is 0 Å². The topological polar surface area (TPSA) is 133 Å². The van der Waals surface area contributed by atoms with Crippen molar-refractivity contribution in [3.05, 3.63) is 60.7 Å². The maximum atomic E-state index is 14.0. The van der Waals surface area contributed by atoms with Gasteiger partial charge in [-0.1, -0.05) is 6.07 Å². The van der Waals surface area contributed by atoms with Crippen molar-refractivity contribution < 1.29 is 32.6 Å². The fourth-order valence-corrected chi connectivity index (χ4v) is 5.10. The van der Waals surface area contributed by atoms with Crippen LogP contribution in [0.1, 0.15) is 47.0 Å². The van der Waals surface area contributed by atoms with E-state index in [1.54, 1.807) is 23.2 Å². The Morgan fingerprint density at radius 3 is 2.72 bits per heavy atom. The Balaban J connectivity index is 1.35. The third-order valence-corrected chi connectivity index (χ3v) is 7.10. The van der Waals surface area contributed by atoms with E-state index in [2.05, 4.69) is 25.7 Å². The van der Waals surface area contributed by atoms with Gasteiger partial charge in [-0.15, -0.1) is 0 Å². The molecule has 2 N–H and O–H groups in total. The molecule has 0 aliphatic carbocycles. The number of hydrogen-bond acceptors (Lipinski definition) is 9. The van der Waals surface area contributed by atoms with Gasteiger partial charge in [-0.05, 0) is 59.1 Å². The van der Waals surface area contributed by atoms with Gasteiger partial charge in [0.15, 0.2) is 11.6 Å². The Morgan fingerprint density at radius 1 is 1.11 bits per heavy atom. The van der Waals surface area contributed by atoms with Crippen LogP contribution < -0.4 is 20.1 Å². The van der Waals surface area contributed by atoms with Gasteiger partial charge >= 0.3 is 6.09 Å². The zero-order valence-electron chi connectivity index (χ0n) is 26.2. The Labute approximate surface area is 265 Å². The van der Waals surface area contributed by atoms with Gasteiger partial charge in [0.05, 0.1) is 41.1 Å². The van der Waals surface area contributed by atoms with Crippen molar-refractivity contribution in [2.75, 3.05) is 30.4 Å². The number of likely N-dealkylation sites (tertiary alicyclic amines) is 1. The maximum Gasteiger partial charge on any atom is 0.410 e. The normalized spacial score (nSPS) is 15.0. The molecule has 1 aliphatic rings. The maximum absolute atomic E-state index is 14.0. The highest BCUT2D eigenvalue weighted by Crippen LogP contribution is 2.36. The lowest BCUT2D eigenvalue weighted by Crippen LogP contribution is -2.48. The zero-order valence-corrected chi connectivity index (χ0v) is 26.2. The van der Waals surface area contributed by atoms with Gasteiger partial charge in [-0.25, -0.2) is 23.5 Å². The number of amides is 2. The highest BCUT2D eigenvalue weighted by Gasteiger charge is 2.31. The lowest BCUT2D eigenvalue weighted by Gasteiger charge is -2.36. The first-order valence-electron chi connectivity index (χ1n) is 15.1. The number of carbonyl (C=O) groups excluding carboxylic acids is 2. The zero-order chi connectivity index (χ0) is 32.8. The van der Waals surface area contributed by atoms with Crippen molar-refractivity contribution in [2.45, 2.75) is 65.1 Å². The first kappa shape index (κ1) is 32.4. The highest BCUT2D eigenvalue weighted by atomic mass is 19.2. The van der Waals surface area contributed by atoms with Crippen LogP contribution in [0.5, 0.6) is 11.5 Å². The lowest BCUT2D eigenvalue weighted by atomic mass is 10.0. The van der Waals surface area contributed by atoms with Crippen LogP contribution in [-0.2, 0) is 16.1 Å². The first-order chi connectivity index (χ1) is 22.0. The summed E-state index contributed by atoms with van der Waals surface area (Å²) in [4.78, 5) is 36.1. The van der Waals surface area contributed by atoms with E-state index in [9.17, 15) is 18.4 Å². The summed E-state index contributed by atoms with van der Waals surface area (Å²) in [6, 6.07) is 6.90. The van der Waals surface area contributed by atoms with Gasteiger partial charge < -0.3 is 29.7 Å². The molecule has 0 spiro atoms. The quantitative estimate of drug-likeness (QED) is 0.213. The number of carbonyl (C=O) groups is 2. The van der Waals surface area contributed by atoms with Gasteiger partial charge in [0.2, 0.25) is 5.91 Å². The van der Waals surface area contributed by atoms with Crippen molar-refractivity contribution >= 4 is 40.1 Å². The summed E-state index contributed by atoms with van der Waals surface area (Å²) in [7, 11) is 0. The number of rotatable bonds is 10. The first-order valence-corrected chi connectivity index (χ1v) is 15.1. The second kappa shape index (κ2) is 14.0. The summed E-state index contributed by atoms with van der Waals surface area (Å²) in [5.41, 5.74) is 0.198. The smallest absolute Gasteiger partial charge is 0.410 e. The number of nitrogens with zero attached hydrogens (tertiary/aromatic N) is 5. The molecule has 0 unspecified atom stereocenters. The monoisotopic (exact) mass is 637 g/mol. The predicted molar refractivity (Wildman–Crippen MR) is 167 cm³/mol. The lowest BCUT2D eigenvalue weighted by molar-refractivity contribution is -0.116. The minimum atomic E-state index is -1.14. The highest BCUT2D eigenvalue weighted by molar-refractivity contribution is 5.97. The molecule has 1 fully saturated rings. The molecule has 244 valence electrons. The van der Waals surface area contributed by atoms with Crippen molar-refractivity contribution in [1.29, 1.82) is 0 Å². The van der Waals surface area contributed by atoms with Crippen molar-refractivity contribution in [3.63, 3.8) is 0 Å². The van der Waals surface area contributed by atoms with Crippen molar-refractivity contribution in [2.24, 2.45) is 0 Å². The van der Waals surface area contributed by atoms with Crippen molar-refractivity contribution in [3.8, 4) is 11.5 Å². The van der Waals surface area contributed by atoms with E-state index in [0.717, 1.165) is 25.3 Å². The number of piperidine rings is 1. The fraction of sp³-hybridized carbons (Fsp3) is 0.406.